The first kappa shape index (κ1) is 20.9. The van der Waals surface area contributed by atoms with E-state index >= 15 is 0 Å². The van der Waals surface area contributed by atoms with Crippen LogP contribution < -0.4 is 0 Å². The maximum Gasteiger partial charge on any atom is 0.118 e. The first-order valence-electron chi connectivity index (χ1n) is 11.7. The summed E-state index contributed by atoms with van der Waals surface area (Å²) in [6.45, 7) is 0. The number of nitrogens with zero attached hydrogens (tertiary/aromatic N) is 1. The lowest BCUT2D eigenvalue weighted by Gasteiger charge is -2.29. The van der Waals surface area contributed by atoms with Crippen molar-refractivity contribution in [2.45, 2.75) is 25.2 Å². The monoisotopic (exact) mass is 461 g/mol. The molecule has 0 spiro atoms. The lowest BCUT2D eigenvalue weighted by Crippen LogP contribution is -2.12. The number of hydrogen-bond acceptors (Lipinski definition) is 2. The number of phenols is 1. The zero-order valence-corrected chi connectivity index (χ0v) is 19.5. The second-order valence-corrected chi connectivity index (χ2v) is 9.25. The average molecular weight is 462 g/mol. The van der Waals surface area contributed by atoms with Gasteiger partial charge in [0.25, 0.3) is 0 Å². The first-order valence-corrected chi connectivity index (χ1v) is 11.7. The summed E-state index contributed by atoms with van der Waals surface area (Å²) < 4.78 is 0. The molecule has 2 nitrogen and oxygen atoms in total. The van der Waals surface area contributed by atoms with Crippen LogP contribution in [0.1, 0.15) is 35.4 Å². The van der Waals surface area contributed by atoms with Gasteiger partial charge in [0.15, 0.2) is 0 Å². The van der Waals surface area contributed by atoms with E-state index in [9.17, 15) is 5.11 Å². The van der Waals surface area contributed by atoms with Crippen molar-refractivity contribution in [3.63, 3.8) is 0 Å². The Morgan fingerprint density at radius 1 is 0.676 bits per heavy atom. The predicted octanol–water partition coefficient (Wildman–Crippen LogP) is 8.29. The van der Waals surface area contributed by atoms with Gasteiger partial charge in [0.05, 0.1) is 11.0 Å². The minimum Gasteiger partial charge on any atom is -0.508 e. The molecule has 1 aromatic heterocycles. The van der Waals surface area contributed by atoms with E-state index in [4.69, 9.17) is 4.98 Å². The molecule has 1 unspecified atom stereocenters. The van der Waals surface area contributed by atoms with Crippen molar-refractivity contribution < 1.29 is 5.11 Å². The fourth-order valence-electron chi connectivity index (χ4n) is 5.92. The second kappa shape index (κ2) is 8.00. The number of aromatic nitrogens is 1. The Balaban J connectivity index is 0.00000217. The number of fused-ring (bicyclic) bond motifs is 7. The third kappa shape index (κ3) is 3.13. The van der Waals surface area contributed by atoms with Crippen LogP contribution in [-0.2, 0) is 6.42 Å². The van der Waals surface area contributed by atoms with E-state index in [1.807, 2.05) is 18.2 Å². The van der Waals surface area contributed by atoms with Crippen LogP contribution in [0.4, 0.5) is 0 Å². The molecule has 0 fully saturated rings. The summed E-state index contributed by atoms with van der Waals surface area (Å²) in [5.74, 6) is 0.522. The summed E-state index contributed by atoms with van der Waals surface area (Å²) in [5, 5.41) is 18.2. The highest BCUT2D eigenvalue weighted by Crippen LogP contribution is 2.45. The third-order valence-electron chi connectivity index (χ3n) is 7.37. The molecule has 3 heteroatoms. The van der Waals surface area contributed by atoms with Gasteiger partial charge in [-0.05, 0) is 75.7 Å². The summed E-state index contributed by atoms with van der Waals surface area (Å²) in [4.78, 5) is 4.89. The molecule has 0 amide bonds. The third-order valence-corrected chi connectivity index (χ3v) is 7.37. The van der Waals surface area contributed by atoms with Crippen molar-refractivity contribution in [1.29, 1.82) is 0 Å². The first-order chi connectivity index (χ1) is 16.3. The van der Waals surface area contributed by atoms with Crippen LogP contribution in [-0.4, -0.2) is 10.1 Å². The molecule has 1 heterocycles. The number of hydrogen-bond donors (Lipinski definition) is 1. The van der Waals surface area contributed by atoms with E-state index in [1.54, 1.807) is 6.07 Å². The highest BCUT2D eigenvalue weighted by molar-refractivity contribution is 6.09. The van der Waals surface area contributed by atoms with Crippen molar-refractivity contribution in [1.82, 2.24) is 4.98 Å². The van der Waals surface area contributed by atoms with E-state index in [-0.39, 0.29) is 24.1 Å². The summed E-state index contributed by atoms with van der Waals surface area (Å²) in [7, 11) is 0. The molecule has 34 heavy (non-hydrogen) atoms. The quantitative estimate of drug-likeness (QED) is 0.197. The molecule has 1 atom stereocenters. The van der Waals surface area contributed by atoms with Gasteiger partial charge < -0.3 is 5.11 Å². The van der Waals surface area contributed by atoms with Crippen molar-refractivity contribution in [2.75, 3.05) is 0 Å². The molecular weight excluding hydrogens is 438 g/mol. The van der Waals surface area contributed by atoms with Crippen LogP contribution in [0.2, 0.25) is 0 Å². The molecule has 7 rings (SSSR count). The molecule has 1 N–H and O–H groups in total. The van der Waals surface area contributed by atoms with Gasteiger partial charge in [-0.2, -0.15) is 0 Å². The Morgan fingerprint density at radius 2 is 1.47 bits per heavy atom. The molecule has 5 aromatic carbocycles. The standard InChI is InChI=1S/C31H23NO.ClH/c33-22-17-27(28-16-21-7-2-4-11-29(21)32-30(28)18-22)25-10-5-8-20-13-14-24-23-9-3-1-6-19(23)12-15-26(24)31(20)25;/h1-4,6-7,9,11-18,25,33H,5,8,10H2;1H. The fourth-order valence-corrected chi connectivity index (χ4v) is 5.92. The lowest BCUT2D eigenvalue weighted by atomic mass is 9.75. The minimum absolute atomic E-state index is 0. The minimum atomic E-state index is 0. The Kier molecular flexibility index (Phi) is 4.93. The topological polar surface area (TPSA) is 33.1 Å². The average Bonchev–Trinajstić information content (AvgIpc) is 2.86. The van der Waals surface area contributed by atoms with Crippen LogP contribution in [0.25, 0.3) is 43.4 Å². The van der Waals surface area contributed by atoms with Gasteiger partial charge in [0.1, 0.15) is 5.75 Å². The summed E-state index contributed by atoms with van der Waals surface area (Å²) in [6, 6.07) is 32.1. The SMILES string of the molecule is Cl.Oc1cc(C2CCCc3ccc4c(ccc5ccccc54)c32)c2cc3ccccc3nc2c1. The largest absolute Gasteiger partial charge is 0.508 e. The molecule has 0 bridgehead atoms. The van der Waals surface area contributed by atoms with Crippen LogP contribution >= 0.6 is 12.4 Å². The van der Waals surface area contributed by atoms with Gasteiger partial charge in [0.2, 0.25) is 0 Å². The van der Waals surface area contributed by atoms with E-state index in [0.717, 1.165) is 41.1 Å². The van der Waals surface area contributed by atoms with Gasteiger partial charge in [-0.3, -0.25) is 0 Å². The van der Waals surface area contributed by atoms with Crippen LogP contribution in [0, 0.1) is 0 Å². The zero-order chi connectivity index (χ0) is 21.9. The summed E-state index contributed by atoms with van der Waals surface area (Å²) in [5.41, 5.74) is 5.86. The van der Waals surface area contributed by atoms with Gasteiger partial charge in [-0.25, -0.2) is 4.98 Å². The normalized spacial score (nSPS) is 15.5. The Morgan fingerprint density at radius 3 is 2.38 bits per heavy atom. The molecule has 0 aliphatic heterocycles. The number of pyridine rings is 1. The molecule has 0 saturated heterocycles. The van der Waals surface area contributed by atoms with Gasteiger partial charge >= 0.3 is 0 Å². The molecule has 1 aliphatic rings. The maximum atomic E-state index is 10.7. The van der Waals surface area contributed by atoms with Gasteiger partial charge in [0, 0.05) is 22.8 Å². The smallest absolute Gasteiger partial charge is 0.118 e. The highest BCUT2D eigenvalue weighted by Gasteiger charge is 2.26. The summed E-state index contributed by atoms with van der Waals surface area (Å²) in [6.07, 6.45) is 3.33. The lowest BCUT2D eigenvalue weighted by molar-refractivity contribution is 0.474. The van der Waals surface area contributed by atoms with E-state index in [2.05, 4.69) is 66.7 Å². The van der Waals surface area contributed by atoms with Crippen LogP contribution in [0.3, 0.4) is 0 Å². The van der Waals surface area contributed by atoms with Crippen molar-refractivity contribution in [3.05, 3.63) is 108 Å². The number of aryl methyl sites for hydroxylation is 1. The van der Waals surface area contributed by atoms with Crippen LogP contribution in [0.15, 0.2) is 91.0 Å². The number of halogens is 1. The summed E-state index contributed by atoms with van der Waals surface area (Å²) >= 11 is 0. The number of benzene rings is 5. The highest BCUT2D eigenvalue weighted by atomic mass is 35.5. The zero-order valence-electron chi connectivity index (χ0n) is 18.7. The molecule has 166 valence electrons. The van der Waals surface area contributed by atoms with Crippen molar-refractivity contribution in [3.8, 4) is 5.75 Å². The van der Waals surface area contributed by atoms with E-state index < -0.39 is 0 Å². The Hall–Kier alpha value is -3.62. The number of para-hydroxylation sites is 1. The van der Waals surface area contributed by atoms with Crippen molar-refractivity contribution in [2.24, 2.45) is 0 Å². The maximum absolute atomic E-state index is 10.7. The Bertz CT molecular complexity index is 1720. The Labute approximate surface area is 204 Å². The predicted molar refractivity (Wildman–Crippen MR) is 144 cm³/mol. The van der Waals surface area contributed by atoms with Gasteiger partial charge in [-0.1, -0.05) is 66.7 Å². The molecule has 0 radical (unpaired) electrons. The van der Waals surface area contributed by atoms with Crippen LogP contribution in [0.5, 0.6) is 5.75 Å². The number of aromatic hydroxyl groups is 1. The fraction of sp³-hybridized carbons (Fsp3) is 0.129. The number of phenolic OH excluding ortho intramolecular Hbond substituents is 1. The second-order valence-electron chi connectivity index (χ2n) is 9.25. The van der Waals surface area contributed by atoms with Crippen molar-refractivity contribution >= 4 is 55.8 Å². The van der Waals surface area contributed by atoms with E-state index in [0.29, 0.717) is 0 Å². The molecule has 0 saturated carbocycles. The van der Waals surface area contributed by atoms with Gasteiger partial charge in [-0.15, -0.1) is 12.4 Å². The van der Waals surface area contributed by atoms with E-state index in [1.165, 1.54) is 38.2 Å². The molecule has 6 aromatic rings. The molecular formula is C31H24ClNO. The molecule has 1 aliphatic carbocycles. The number of rotatable bonds is 1.